The number of carbonyl (C=O) groups is 1. The zero-order valence-electron chi connectivity index (χ0n) is 15.2. The summed E-state index contributed by atoms with van der Waals surface area (Å²) < 4.78 is 10.3. The predicted molar refractivity (Wildman–Crippen MR) is 92.8 cm³/mol. The van der Waals surface area contributed by atoms with E-state index in [0.717, 1.165) is 6.04 Å². The number of ether oxygens (including phenoxy) is 2. The van der Waals surface area contributed by atoms with Crippen molar-refractivity contribution in [3.63, 3.8) is 0 Å². The molecule has 0 spiro atoms. The van der Waals surface area contributed by atoms with Crippen molar-refractivity contribution in [3.05, 3.63) is 27.9 Å². The molecule has 0 aliphatic carbocycles. The van der Waals surface area contributed by atoms with Crippen LogP contribution in [0.15, 0.2) is 6.20 Å². The molecule has 0 saturated carbocycles. The van der Waals surface area contributed by atoms with Crippen LogP contribution in [0.4, 0.5) is 11.5 Å². The molecule has 0 radical (unpaired) electrons. The summed E-state index contributed by atoms with van der Waals surface area (Å²) >= 11 is 0. The molecule has 10 heteroatoms. The van der Waals surface area contributed by atoms with Gasteiger partial charge in [-0.25, -0.2) is 6.07 Å². The Labute approximate surface area is 163 Å². The maximum absolute atomic E-state index is 11.6. The fourth-order valence-electron chi connectivity index (χ4n) is 1.89. The second-order valence-corrected chi connectivity index (χ2v) is 12.2. The molecule has 1 rings (SSSR count). The van der Waals surface area contributed by atoms with Crippen molar-refractivity contribution in [2.75, 3.05) is 31.9 Å². The average molecular weight is 538 g/mol. The molecule has 0 saturated heterocycles. The number of aryl methyl sites for hydroxylation is 1. The van der Waals surface area contributed by atoms with Crippen LogP contribution in [-0.4, -0.2) is 50.9 Å². The number of anilines is 1. The van der Waals surface area contributed by atoms with Crippen LogP contribution < -0.4 is 4.90 Å². The van der Waals surface area contributed by atoms with Crippen molar-refractivity contribution in [2.45, 2.75) is 32.6 Å². The number of methoxy groups -OCH3 is 1. The predicted octanol–water partition coefficient (Wildman–Crippen LogP) is 2.39. The zero-order valence-corrected chi connectivity index (χ0v) is 19.1. The number of aromatic nitrogens is 1. The molecule has 0 N–H and O–H groups in total. The van der Waals surface area contributed by atoms with Crippen LogP contribution in [-0.2, 0) is 35.3 Å². The Morgan fingerprint density at radius 2 is 2.08 bits per heavy atom. The maximum atomic E-state index is 11.6. The van der Waals surface area contributed by atoms with Gasteiger partial charge in [-0.2, -0.15) is 0 Å². The fraction of sp³-hybridized carbons (Fsp3) is 0.600. The van der Waals surface area contributed by atoms with E-state index >= 15 is 0 Å². The van der Waals surface area contributed by atoms with Gasteiger partial charge in [-0.15, -0.1) is 5.56 Å². The summed E-state index contributed by atoms with van der Waals surface area (Å²) in [6.07, 6.45) is 1.35. The number of esters is 1. The first-order valence-corrected chi connectivity index (χ1v) is 11.3. The Kier molecular flexibility index (Phi) is 10.1. The number of pyridine rings is 1. The van der Waals surface area contributed by atoms with E-state index in [1.54, 1.807) is 6.92 Å². The van der Waals surface area contributed by atoms with E-state index in [2.05, 4.69) is 35.4 Å². The minimum atomic E-state index is -1.25. The Hall–Kier alpha value is -1.31. The summed E-state index contributed by atoms with van der Waals surface area (Å²) in [7, 11) is 0.0132. The third kappa shape index (κ3) is 8.07. The molecule has 0 fully saturated rings. The molecule has 0 unspecified atom stereocenters. The molecule has 0 aliphatic heterocycles. The maximum Gasteiger partial charge on any atom is 0.325 e. The van der Waals surface area contributed by atoms with Gasteiger partial charge in [0.2, 0.25) is 0 Å². The van der Waals surface area contributed by atoms with Crippen LogP contribution in [0, 0.1) is 23.1 Å². The topological polar surface area (TPSA) is 94.8 Å². The fourth-order valence-corrected chi connectivity index (χ4v) is 2.65. The quantitative estimate of drug-likeness (QED) is 0.0907. The molecular weight excluding hydrogens is 514 g/mol. The molecule has 140 valence electrons. The normalized spacial score (nSPS) is 10.8. The molecule has 0 aliphatic rings. The molecule has 1 heterocycles. The molecule has 1 aromatic rings. The number of carbonyl (C=O) groups excluding carboxylic acids is 1. The molecule has 25 heavy (non-hydrogen) atoms. The van der Waals surface area contributed by atoms with Crippen molar-refractivity contribution in [1.29, 1.82) is 0 Å². The van der Waals surface area contributed by atoms with Crippen molar-refractivity contribution >= 4 is 25.5 Å². The molecule has 1 aromatic heterocycles. The first-order chi connectivity index (χ1) is 11.2. The Morgan fingerprint density at radius 3 is 2.60 bits per heavy atom. The van der Waals surface area contributed by atoms with Crippen LogP contribution in [0.3, 0.4) is 0 Å². The van der Waals surface area contributed by atoms with E-state index < -0.39 is 19.0 Å². The summed E-state index contributed by atoms with van der Waals surface area (Å²) in [5.41, 5.74) is 0.164. The Bertz CT molecular complexity index is 595. The van der Waals surface area contributed by atoms with Gasteiger partial charge in [-0.1, -0.05) is 32.8 Å². The van der Waals surface area contributed by atoms with E-state index in [0.29, 0.717) is 12.2 Å². The molecule has 0 amide bonds. The molecule has 0 atom stereocenters. The molecule has 0 aromatic carbocycles. The Balaban J connectivity index is 0.00000576. The van der Waals surface area contributed by atoms with Gasteiger partial charge in [0, 0.05) is 35.7 Å². The first kappa shape index (κ1) is 23.7. The van der Waals surface area contributed by atoms with Crippen molar-refractivity contribution in [2.24, 2.45) is 0 Å². The second-order valence-electron chi connectivity index (χ2n) is 6.58. The summed E-state index contributed by atoms with van der Waals surface area (Å²) in [5, 5.41) is 11.3. The average Bonchev–Trinajstić information content (AvgIpc) is 2.48. The van der Waals surface area contributed by atoms with E-state index in [4.69, 9.17) is 4.74 Å². The Morgan fingerprint density at radius 1 is 1.44 bits per heavy atom. The number of hydrogen-bond acceptors (Lipinski definition) is 7. The van der Waals surface area contributed by atoms with Gasteiger partial charge in [0.05, 0.1) is 7.11 Å². The van der Waals surface area contributed by atoms with Gasteiger partial charge < -0.3 is 14.4 Å². The van der Waals surface area contributed by atoms with Crippen LogP contribution >= 0.6 is 0 Å². The number of nitrogens with zero attached hydrogens (tertiary/aromatic N) is 3. The van der Waals surface area contributed by atoms with E-state index in [1.807, 2.05) is 0 Å². The summed E-state index contributed by atoms with van der Waals surface area (Å²) in [6.45, 7) is 8.63. The summed E-state index contributed by atoms with van der Waals surface area (Å²) in [4.78, 5) is 27.9. The molecule has 8 nitrogen and oxygen atoms in total. The summed E-state index contributed by atoms with van der Waals surface area (Å²) in [6, 6.07) is 3.65. The van der Waals surface area contributed by atoms with Crippen molar-refractivity contribution < 1.29 is 40.3 Å². The van der Waals surface area contributed by atoms with Crippen LogP contribution in [0.5, 0.6) is 0 Å². The van der Waals surface area contributed by atoms with Gasteiger partial charge in [0.1, 0.15) is 19.1 Å². The van der Waals surface area contributed by atoms with Crippen molar-refractivity contribution in [1.82, 2.24) is 4.98 Å². The second kappa shape index (κ2) is 10.6. The minimum absolute atomic E-state index is 0. The smallest absolute Gasteiger partial charge is 0.325 e. The van der Waals surface area contributed by atoms with Crippen molar-refractivity contribution in [3.8, 4) is 0 Å². The van der Waals surface area contributed by atoms with Crippen LogP contribution in [0.25, 0.3) is 0 Å². The monoisotopic (exact) mass is 538 g/mol. The van der Waals surface area contributed by atoms with E-state index in [9.17, 15) is 14.9 Å². The van der Waals surface area contributed by atoms with Gasteiger partial charge in [-0.05, 0) is 11.0 Å². The van der Waals surface area contributed by atoms with Gasteiger partial charge in [0.15, 0.2) is 5.69 Å². The number of nitro groups is 1. The first-order valence-electron chi connectivity index (χ1n) is 7.57. The third-order valence-corrected chi connectivity index (χ3v) is 5.01. The molecular formula is C15H24N3O5SiW-. The van der Waals surface area contributed by atoms with Gasteiger partial charge in [0.25, 0.3) is 0 Å². The SMILES string of the molecule is COC(=O)CN(COCC[Si](C)(C)C)c1nc[c-]c(C)c1[N+](=O)[O-].[W]. The van der Waals surface area contributed by atoms with E-state index in [-0.39, 0.29) is 45.8 Å². The van der Waals surface area contributed by atoms with Crippen LogP contribution in [0.2, 0.25) is 25.7 Å². The number of hydrogen-bond donors (Lipinski definition) is 0. The zero-order chi connectivity index (χ0) is 18.3. The largest absolute Gasteiger partial charge is 0.468 e. The van der Waals surface area contributed by atoms with Gasteiger partial charge in [-0.3, -0.25) is 19.9 Å². The summed E-state index contributed by atoms with van der Waals surface area (Å²) in [5.74, 6) is -0.444. The molecule has 0 bridgehead atoms. The van der Waals surface area contributed by atoms with E-state index in [1.165, 1.54) is 18.2 Å². The van der Waals surface area contributed by atoms with Crippen LogP contribution in [0.1, 0.15) is 5.56 Å². The minimum Gasteiger partial charge on any atom is -0.468 e. The standard InChI is InChI=1S/C15H24N3O5Si.W/c1-12-6-7-16-15(14(12)18(20)21)17(10-13(19)22-2)11-23-8-9-24(3,4)5;/h7H,8-11H2,1-5H3;/q-1;. The third-order valence-electron chi connectivity index (χ3n) is 3.31. The number of rotatable bonds is 9. The van der Waals surface area contributed by atoms with Gasteiger partial charge >= 0.3 is 5.97 Å².